The number of amides is 2. The Morgan fingerprint density at radius 1 is 1.06 bits per heavy atom. The first-order valence-electron chi connectivity index (χ1n) is 10.9. The lowest BCUT2D eigenvalue weighted by molar-refractivity contribution is -0.120. The van der Waals surface area contributed by atoms with Gasteiger partial charge in [0.2, 0.25) is 5.91 Å². The molecule has 0 saturated heterocycles. The topological polar surface area (TPSA) is 112 Å². The Morgan fingerprint density at radius 2 is 1.82 bits per heavy atom. The fraction of sp³-hybridized carbons (Fsp3) is 0.391. The predicted molar refractivity (Wildman–Crippen MR) is 119 cm³/mol. The molecule has 0 aliphatic heterocycles. The summed E-state index contributed by atoms with van der Waals surface area (Å²) in [4.78, 5) is 28.8. The largest absolute Gasteiger partial charge is 0.381 e. The summed E-state index contributed by atoms with van der Waals surface area (Å²) in [6, 6.07) is 5.18. The van der Waals surface area contributed by atoms with Crippen molar-refractivity contribution in [3.8, 4) is 11.1 Å². The Bertz CT molecular complexity index is 1200. The lowest BCUT2D eigenvalue weighted by Gasteiger charge is -2.37. The van der Waals surface area contributed by atoms with Crippen molar-refractivity contribution in [3.05, 3.63) is 42.4 Å². The number of benzene rings is 1. The molecule has 5 rings (SSSR count). The van der Waals surface area contributed by atoms with E-state index < -0.39 is 12.0 Å². The third-order valence-corrected chi connectivity index (χ3v) is 6.26. The van der Waals surface area contributed by atoms with E-state index in [9.17, 15) is 18.4 Å². The molecule has 0 bridgehead atoms. The van der Waals surface area contributed by atoms with Crippen molar-refractivity contribution < 1.29 is 18.4 Å². The van der Waals surface area contributed by atoms with Gasteiger partial charge in [0.1, 0.15) is 0 Å². The molecule has 4 N–H and O–H groups in total. The van der Waals surface area contributed by atoms with Gasteiger partial charge in [-0.2, -0.15) is 5.10 Å². The average Bonchev–Trinajstić information content (AvgIpc) is 3.25. The third kappa shape index (κ3) is 4.37. The average molecular weight is 454 g/mol. The van der Waals surface area contributed by atoms with Crippen LogP contribution in [0.1, 0.15) is 43.0 Å². The molecule has 2 aliphatic rings. The SMILES string of the molecule is CC(=O)N[C@H]1C[C@H](NC(=O)c2cnc3ccc(-c4cn[nH]c4)cc3c2NC2CC(F)(F)C2)C1. The number of hydrogen-bond acceptors (Lipinski definition) is 5. The second kappa shape index (κ2) is 8.09. The number of nitrogens with one attached hydrogen (secondary N) is 4. The van der Waals surface area contributed by atoms with E-state index >= 15 is 0 Å². The van der Waals surface area contributed by atoms with Crippen molar-refractivity contribution in [1.29, 1.82) is 0 Å². The minimum absolute atomic E-state index is 0.0508. The summed E-state index contributed by atoms with van der Waals surface area (Å²) in [6.07, 6.45) is 5.67. The van der Waals surface area contributed by atoms with Gasteiger partial charge in [0.05, 0.1) is 23.0 Å². The van der Waals surface area contributed by atoms with E-state index in [1.54, 1.807) is 12.4 Å². The molecule has 2 fully saturated rings. The van der Waals surface area contributed by atoms with E-state index in [2.05, 4.69) is 31.1 Å². The smallest absolute Gasteiger partial charge is 0.255 e. The van der Waals surface area contributed by atoms with E-state index in [1.807, 2.05) is 18.2 Å². The molecule has 2 aliphatic carbocycles. The minimum Gasteiger partial charge on any atom is -0.381 e. The van der Waals surface area contributed by atoms with E-state index in [4.69, 9.17) is 0 Å². The zero-order valence-electron chi connectivity index (χ0n) is 18.0. The number of aromatic nitrogens is 3. The first-order chi connectivity index (χ1) is 15.8. The number of pyridine rings is 1. The summed E-state index contributed by atoms with van der Waals surface area (Å²) >= 11 is 0. The van der Waals surface area contributed by atoms with Gasteiger partial charge in [0.25, 0.3) is 11.8 Å². The Morgan fingerprint density at radius 3 is 2.48 bits per heavy atom. The number of carbonyl (C=O) groups is 2. The molecule has 10 heteroatoms. The van der Waals surface area contributed by atoms with E-state index in [0.717, 1.165) is 11.1 Å². The monoisotopic (exact) mass is 454 g/mol. The van der Waals surface area contributed by atoms with Crippen LogP contribution in [0.2, 0.25) is 0 Å². The highest BCUT2D eigenvalue weighted by atomic mass is 19.3. The van der Waals surface area contributed by atoms with Crippen LogP contribution in [-0.4, -0.2) is 51.0 Å². The molecular weight excluding hydrogens is 430 g/mol. The lowest BCUT2D eigenvalue weighted by Crippen LogP contribution is -2.53. The molecule has 2 saturated carbocycles. The Balaban J connectivity index is 1.44. The van der Waals surface area contributed by atoms with Crippen molar-refractivity contribution in [3.63, 3.8) is 0 Å². The molecule has 2 aromatic heterocycles. The second-order valence-electron chi connectivity index (χ2n) is 8.91. The number of rotatable bonds is 6. The fourth-order valence-corrected chi connectivity index (χ4v) is 4.48. The molecule has 8 nitrogen and oxygen atoms in total. The van der Waals surface area contributed by atoms with Crippen molar-refractivity contribution >= 4 is 28.4 Å². The number of alkyl halides is 2. The molecular formula is C23H24F2N6O2. The van der Waals surface area contributed by atoms with E-state index in [1.165, 1.54) is 13.1 Å². The molecule has 0 spiro atoms. The zero-order valence-corrected chi connectivity index (χ0v) is 18.0. The third-order valence-electron chi connectivity index (χ3n) is 6.26. The molecule has 2 heterocycles. The number of anilines is 1. The van der Waals surface area contributed by atoms with Gasteiger partial charge in [0.15, 0.2) is 0 Å². The normalized spacial score (nSPS) is 21.7. The minimum atomic E-state index is -2.68. The number of carbonyl (C=O) groups excluding carboxylic acids is 2. The van der Waals surface area contributed by atoms with Gasteiger partial charge in [-0.05, 0) is 30.5 Å². The van der Waals surface area contributed by atoms with Gasteiger partial charge in [0, 0.05) is 61.2 Å². The summed E-state index contributed by atoms with van der Waals surface area (Å²) in [5, 5.41) is 16.4. The molecule has 3 aromatic rings. The van der Waals surface area contributed by atoms with Crippen molar-refractivity contribution in [2.24, 2.45) is 0 Å². The number of fused-ring (bicyclic) bond motifs is 1. The summed E-state index contributed by atoms with van der Waals surface area (Å²) in [5.74, 6) is -3.10. The lowest BCUT2D eigenvalue weighted by atomic mass is 9.86. The van der Waals surface area contributed by atoms with Crippen molar-refractivity contribution in [2.45, 2.75) is 56.7 Å². The molecule has 2 amide bonds. The summed E-state index contributed by atoms with van der Waals surface area (Å²) < 4.78 is 27.0. The van der Waals surface area contributed by atoms with Gasteiger partial charge < -0.3 is 16.0 Å². The summed E-state index contributed by atoms with van der Waals surface area (Å²) in [7, 11) is 0. The number of halogens is 2. The van der Waals surface area contributed by atoms with Crippen LogP contribution in [0.3, 0.4) is 0 Å². The zero-order chi connectivity index (χ0) is 23.2. The number of aromatic amines is 1. The van der Waals surface area contributed by atoms with E-state index in [0.29, 0.717) is 35.0 Å². The molecule has 33 heavy (non-hydrogen) atoms. The summed E-state index contributed by atoms with van der Waals surface area (Å²) in [5.41, 5.74) is 3.20. The highest BCUT2D eigenvalue weighted by Gasteiger charge is 2.45. The predicted octanol–water partition coefficient (Wildman–Crippen LogP) is 3.23. The maximum absolute atomic E-state index is 13.5. The van der Waals surface area contributed by atoms with Crippen LogP contribution in [0.25, 0.3) is 22.0 Å². The first-order valence-corrected chi connectivity index (χ1v) is 10.9. The van der Waals surface area contributed by atoms with Crippen LogP contribution in [0, 0.1) is 0 Å². The quantitative estimate of drug-likeness (QED) is 0.457. The standard InChI is InChI=1S/C23H24F2N6O2/c1-12(32)29-15-5-16(6-15)31-22(33)19-11-26-20-3-2-13(14-9-27-28-10-14)4-18(20)21(19)30-17-7-23(24,25)8-17/h2-4,9-11,15-17H,5-8H2,1H3,(H,26,30)(H,27,28)(H,29,32)(H,31,33)/t15-,16-. The van der Waals surface area contributed by atoms with Crippen LogP contribution >= 0.6 is 0 Å². The second-order valence-corrected chi connectivity index (χ2v) is 8.91. The molecule has 0 radical (unpaired) electrons. The van der Waals surface area contributed by atoms with E-state index in [-0.39, 0.29) is 36.7 Å². The fourth-order valence-electron chi connectivity index (χ4n) is 4.48. The Kier molecular flexibility index (Phi) is 5.22. The van der Waals surface area contributed by atoms with Gasteiger partial charge in [-0.25, -0.2) is 8.78 Å². The molecule has 1 aromatic carbocycles. The number of hydrogen-bond donors (Lipinski definition) is 4. The number of H-pyrrole nitrogens is 1. The van der Waals surface area contributed by atoms with Crippen molar-refractivity contribution in [2.75, 3.05) is 5.32 Å². The van der Waals surface area contributed by atoms with Crippen LogP contribution in [0.15, 0.2) is 36.8 Å². The van der Waals surface area contributed by atoms with Crippen LogP contribution in [0.4, 0.5) is 14.5 Å². The Labute approximate surface area is 188 Å². The van der Waals surface area contributed by atoms with Gasteiger partial charge in [-0.15, -0.1) is 0 Å². The van der Waals surface area contributed by atoms with Gasteiger partial charge >= 0.3 is 0 Å². The van der Waals surface area contributed by atoms with Crippen LogP contribution in [-0.2, 0) is 4.79 Å². The first kappa shape index (κ1) is 21.3. The molecule has 0 unspecified atom stereocenters. The number of nitrogens with zero attached hydrogens (tertiary/aromatic N) is 2. The van der Waals surface area contributed by atoms with Gasteiger partial charge in [-0.3, -0.25) is 19.7 Å². The Hall–Kier alpha value is -3.56. The highest BCUT2D eigenvalue weighted by Crippen LogP contribution is 2.41. The summed E-state index contributed by atoms with van der Waals surface area (Å²) in [6.45, 7) is 1.46. The highest BCUT2D eigenvalue weighted by molar-refractivity contribution is 6.08. The van der Waals surface area contributed by atoms with Gasteiger partial charge in [-0.1, -0.05) is 6.07 Å². The molecule has 172 valence electrons. The van der Waals surface area contributed by atoms with Crippen LogP contribution < -0.4 is 16.0 Å². The maximum atomic E-state index is 13.5. The molecule has 0 atom stereocenters. The maximum Gasteiger partial charge on any atom is 0.255 e. The van der Waals surface area contributed by atoms with Crippen LogP contribution in [0.5, 0.6) is 0 Å². The van der Waals surface area contributed by atoms with Crippen molar-refractivity contribution in [1.82, 2.24) is 25.8 Å².